The fraction of sp³-hybridized carbons (Fsp3) is 0.348. The van der Waals surface area contributed by atoms with E-state index in [4.69, 9.17) is 4.74 Å². The zero-order valence-corrected chi connectivity index (χ0v) is 19.3. The lowest BCUT2D eigenvalue weighted by Crippen LogP contribution is -2.38. The van der Waals surface area contributed by atoms with Crippen molar-refractivity contribution >= 4 is 33.7 Å². The molecule has 1 heterocycles. The summed E-state index contributed by atoms with van der Waals surface area (Å²) in [5, 5.41) is 3.89. The van der Waals surface area contributed by atoms with Crippen molar-refractivity contribution in [1.29, 1.82) is 0 Å². The average Bonchev–Trinajstić information content (AvgIpc) is 2.82. The highest BCUT2D eigenvalue weighted by Gasteiger charge is 2.20. The molecule has 9 nitrogen and oxygen atoms in total. The molecular formula is C23H28N4O5S. The van der Waals surface area contributed by atoms with E-state index in [1.807, 2.05) is 4.90 Å². The standard InChI is InChI=1S/C23H28N4O5S/c1-33(30,31)27(20-8-4-2-5-9-20)17-22(28)25-24-16-19-10-12-21(13-11-19)32-18-23(29)26-14-6-3-7-15-26/h2,4-5,8-13,16H,3,6-7,14-15,17-18H2,1H3,(H,25,28)/b24-16-. The maximum Gasteiger partial charge on any atom is 0.260 e. The van der Waals surface area contributed by atoms with Crippen LogP contribution in [-0.2, 0) is 19.6 Å². The number of likely N-dealkylation sites (tertiary alicyclic amines) is 1. The van der Waals surface area contributed by atoms with Crippen LogP contribution in [0.2, 0.25) is 0 Å². The molecule has 1 aliphatic rings. The number of hydrogen-bond acceptors (Lipinski definition) is 6. The minimum Gasteiger partial charge on any atom is -0.484 e. The van der Waals surface area contributed by atoms with Gasteiger partial charge in [-0.1, -0.05) is 18.2 Å². The molecule has 1 fully saturated rings. The molecule has 1 aliphatic heterocycles. The fourth-order valence-electron chi connectivity index (χ4n) is 3.37. The Balaban J connectivity index is 1.48. The summed E-state index contributed by atoms with van der Waals surface area (Å²) >= 11 is 0. The van der Waals surface area contributed by atoms with E-state index in [1.54, 1.807) is 54.6 Å². The predicted molar refractivity (Wildman–Crippen MR) is 127 cm³/mol. The first kappa shape index (κ1) is 24.2. The number of hydrogen-bond donors (Lipinski definition) is 1. The summed E-state index contributed by atoms with van der Waals surface area (Å²) < 4.78 is 30.7. The molecule has 0 radical (unpaired) electrons. The number of hydrazone groups is 1. The van der Waals surface area contributed by atoms with Crippen molar-refractivity contribution in [2.45, 2.75) is 19.3 Å². The van der Waals surface area contributed by atoms with Gasteiger partial charge in [-0.25, -0.2) is 13.8 Å². The van der Waals surface area contributed by atoms with Crippen LogP contribution in [0.1, 0.15) is 24.8 Å². The quantitative estimate of drug-likeness (QED) is 0.444. The smallest absolute Gasteiger partial charge is 0.260 e. The summed E-state index contributed by atoms with van der Waals surface area (Å²) in [6, 6.07) is 15.3. The summed E-state index contributed by atoms with van der Waals surface area (Å²) in [6.07, 6.45) is 5.72. The Kier molecular flexibility index (Phi) is 8.42. The topological polar surface area (TPSA) is 108 Å². The zero-order valence-electron chi connectivity index (χ0n) is 18.5. The van der Waals surface area contributed by atoms with Gasteiger partial charge in [-0.3, -0.25) is 13.9 Å². The zero-order chi connectivity index (χ0) is 23.7. The van der Waals surface area contributed by atoms with E-state index in [1.165, 1.54) is 6.21 Å². The second kappa shape index (κ2) is 11.5. The number of rotatable bonds is 9. The molecule has 0 aliphatic carbocycles. The summed E-state index contributed by atoms with van der Waals surface area (Å²) in [5.41, 5.74) is 3.44. The molecule has 0 unspecified atom stereocenters. The van der Waals surface area contributed by atoms with E-state index >= 15 is 0 Å². The maximum atomic E-state index is 12.2. The number of amides is 2. The first-order valence-electron chi connectivity index (χ1n) is 10.7. The molecule has 2 aromatic carbocycles. The van der Waals surface area contributed by atoms with E-state index in [0.29, 0.717) is 17.0 Å². The monoisotopic (exact) mass is 472 g/mol. The predicted octanol–water partition coefficient (Wildman–Crippen LogP) is 1.99. The number of ether oxygens (including phenoxy) is 1. The van der Waals surface area contributed by atoms with Crippen LogP contribution in [0.15, 0.2) is 59.7 Å². The van der Waals surface area contributed by atoms with Crippen LogP contribution >= 0.6 is 0 Å². The number of benzene rings is 2. The summed E-state index contributed by atoms with van der Waals surface area (Å²) in [4.78, 5) is 26.2. The number of carbonyl (C=O) groups excluding carboxylic acids is 2. The number of anilines is 1. The van der Waals surface area contributed by atoms with E-state index < -0.39 is 22.5 Å². The maximum absolute atomic E-state index is 12.2. The molecule has 2 amide bonds. The highest BCUT2D eigenvalue weighted by atomic mass is 32.2. The molecule has 0 saturated carbocycles. The molecule has 0 atom stereocenters. The summed E-state index contributed by atoms with van der Waals surface area (Å²) in [5.74, 6) is -0.0217. The number of para-hydroxylation sites is 1. The normalized spacial score (nSPS) is 14.2. The minimum atomic E-state index is -3.63. The van der Waals surface area contributed by atoms with Crippen LogP contribution in [0.4, 0.5) is 5.69 Å². The molecule has 0 bridgehead atoms. The number of nitrogens with zero attached hydrogens (tertiary/aromatic N) is 3. The number of piperidine rings is 1. The van der Waals surface area contributed by atoms with Crippen LogP contribution in [0.3, 0.4) is 0 Å². The highest BCUT2D eigenvalue weighted by Crippen LogP contribution is 2.16. The van der Waals surface area contributed by atoms with E-state index in [-0.39, 0.29) is 12.5 Å². The molecule has 0 aromatic heterocycles. The van der Waals surface area contributed by atoms with Gasteiger partial charge in [0.25, 0.3) is 11.8 Å². The molecule has 176 valence electrons. The lowest BCUT2D eigenvalue weighted by Gasteiger charge is -2.26. The van der Waals surface area contributed by atoms with Crippen molar-refractivity contribution in [1.82, 2.24) is 10.3 Å². The van der Waals surface area contributed by atoms with Gasteiger partial charge < -0.3 is 9.64 Å². The Bertz CT molecular complexity index is 1070. The lowest BCUT2D eigenvalue weighted by atomic mass is 10.1. The van der Waals surface area contributed by atoms with Gasteiger partial charge in [-0.05, 0) is 61.2 Å². The summed E-state index contributed by atoms with van der Waals surface area (Å²) in [7, 11) is -3.63. The van der Waals surface area contributed by atoms with Crippen LogP contribution in [0, 0.1) is 0 Å². The molecule has 33 heavy (non-hydrogen) atoms. The molecule has 0 spiro atoms. The first-order chi connectivity index (χ1) is 15.8. The van der Waals surface area contributed by atoms with E-state index in [0.717, 1.165) is 42.9 Å². The first-order valence-corrected chi connectivity index (χ1v) is 12.5. The Labute approximate surface area is 194 Å². The van der Waals surface area contributed by atoms with Crippen molar-refractivity contribution in [3.05, 3.63) is 60.2 Å². The molecule has 1 N–H and O–H groups in total. The third-order valence-electron chi connectivity index (χ3n) is 5.09. The Morgan fingerprint density at radius 1 is 1.06 bits per heavy atom. The van der Waals surface area contributed by atoms with Gasteiger partial charge in [0.1, 0.15) is 12.3 Å². The van der Waals surface area contributed by atoms with Crippen molar-refractivity contribution in [3.8, 4) is 5.75 Å². The molecule has 3 rings (SSSR count). The van der Waals surface area contributed by atoms with Crippen LogP contribution in [-0.4, -0.2) is 63.8 Å². The Hall–Kier alpha value is -3.40. The molecule has 2 aromatic rings. The minimum absolute atomic E-state index is 0.00173. The summed E-state index contributed by atoms with van der Waals surface area (Å²) in [6.45, 7) is 1.19. The van der Waals surface area contributed by atoms with Gasteiger partial charge >= 0.3 is 0 Å². The van der Waals surface area contributed by atoms with Crippen LogP contribution in [0.5, 0.6) is 5.75 Å². The number of sulfonamides is 1. The number of nitrogens with one attached hydrogen (secondary N) is 1. The largest absolute Gasteiger partial charge is 0.484 e. The van der Waals surface area contributed by atoms with Crippen LogP contribution in [0.25, 0.3) is 0 Å². The molecule has 1 saturated heterocycles. The number of carbonyl (C=O) groups is 2. The Morgan fingerprint density at radius 3 is 2.36 bits per heavy atom. The van der Waals surface area contributed by atoms with Gasteiger partial charge in [0.2, 0.25) is 10.0 Å². The van der Waals surface area contributed by atoms with Crippen molar-refractivity contribution in [3.63, 3.8) is 0 Å². The highest BCUT2D eigenvalue weighted by molar-refractivity contribution is 7.92. The third-order valence-corrected chi connectivity index (χ3v) is 6.23. The molecular weight excluding hydrogens is 444 g/mol. The second-order valence-electron chi connectivity index (χ2n) is 7.70. The second-order valence-corrected chi connectivity index (χ2v) is 9.60. The lowest BCUT2D eigenvalue weighted by molar-refractivity contribution is -0.134. The van der Waals surface area contributed by atoms with Gasteiger partial charge in [0.05, 0.1) is 18.2 Å². The van der Waals surface area contributed by atoms with Gasteiger partial charge in [0, 0.05) is 13.1 Å². The van der Waals surface area contributed by atoms with E-state index in [2.05, 4.69) is 10.5 Å². The molecule has 10 heteroatoms. The van der Waals surface area contributed by atoms with Crippen molar-refractivity contribution < 1.29 is 22.7 Å². The van der Waals surface area contributed by atoms with Gasteiger partial charge in [-0.2, -0.15) is 5.10 Å². The van der Waals surface area contributed by atoms with E-state index in [9.17, 15) is 18.0 Å². The van der Waals surface area contributed by atoms with Crippen molar-refractivity contribution in [2.75, 3.05) is 36.8 Å². The van der Waals surface area contributed by atoms with Crippen molar-refractivity contribution in [2.24, 2.45) is 5.10 Å². The Morgan fingerprint density at radius 2 is 1.73 bits per heavy atom. The van der Waals surface area contributed by atoms with Gasteiger partial charge in [0.15, 0.2) is 6.61 Å². The SMILES string of the molecule is CS(=O)(=O)N(CC(=O)N/N=C\c1ccc(OCC(=O)N2CCCCC2)cc1)c1ccccc1. The van der Waals surface area contributed by atoms with Gasteiger partial charge in [-0.15, -0.1) is 0 Å². The third kappa shape index (κ3) is 7.60. The fourth-order valence-corrected chi connectivity index (χ4v) is 4.23. The average molecular weight is 473 g/mol. The van der Waals surface area contributed by atoms with Crippen LogP contribution < -0.4 is 14.5 Å².